The van der Waals surface area contributed by atoms with Crippen LogP contribution in [0.15, 0.2) is 72.8 Å². The van der Waals surface area contributed by atoms with Crippen molar-refractivity contribution in [2.75, 3.05) is 38.1 Å². The molecule has 39 heavy (non-hydrogen) atoms. The molecule has 1 fully saturated rings. The summed E-state index contributed by atoms with van der Waals surface area (Å²) in [5.41, 5.74) is 3.13. The molecule has 208 valence electrons. The van der Waals surface area contributed by atoms with Crippen molar-refractivity contribution in [1.29, 1.82) is 0 Å². The summed E-state index contributed by atoms with van der Waals surface area (Å²) < 4.78 is 18.5. The van der Waals surface area contributed by atoms with Crippen molar-refractivity contribution in [2.45, 2.75) is 38.0 Å². The van der Waals surface area contributed by atoms with Crippen LogP contribution in [0.4, 0.5) is 14.9 Å². The molecule has 2 amide bonds. The van der Waals surface area contributed by atoms with E-state index in [1.807, 2.05) is 4.90 Å². The van der Waals surface area contributed by atoms with Crippen LogP contribution in [-0.2, 0) is 13.0 Å². The Hall–Kier alpha value is -3.82. The Labute approximate surface area is 228 Å². The SMILES string of the molecule is O=C(NCc1ccc(F)cc1)N1CCC(Nc2ccc(CCNCC(O)COc3cccc(O)c3)cc2)CC1. The number of rotatable bonds is 12. The van der Waals surface area contributed by atoms with Crippen LogP contribution in [-0.4, -0.2) is 66.1 Å². The summed E-state index contributed by atoms with van der Waals surface area (Å²) in [6, 6.07) is 21.2. The molecule has 0 radical (unpaired) electrons. The maximum Gasteiger partial charge on any atom is 0.317 e. The van der Waals surface area contributed by atoms with E-state index in [0.717, 1.165) is 37.1 Å². The lowest BCUT2D eigenvalue weighted by molar-refractivity contribution is 0.106. The number of phenols is 1. The number of anilines is 1. The average Bonchev–Trinajstić information content (AvgIpc) is 2.95. The first-order valence-corrected chi connectivity index (χ1v) is 13.4. The number of benzene rings is 3. The van der Waals surface area contributed by atoms with Crippen LogP contribution in [0.2, 0.25) is 0 Å². The smallest absolute Gasteiger partial charge is 0.317 e. The van der Waals surface area contributed by atoms with Crippen molar-refractivity contribution in [3.05, 3.63) is 89.7 Å². The van der Waals surface area contributed by atoms with Crippen LogP contribution >= 0.6 is 0 Å². The third-order valence-corrected chi connectivity index (χ3v) is 6.69. The summed E-state index contributed by atoms with van der Waals surface area (Å²) in [6.45, 7) is 3.05. The number of urea groups is 1. The molecular weight excluding hydrogens is 499 g/mol. The average molecular weight is 537 g/mol. The number of nitrogens with zero attached hydrogens (tertiary/aromatic N) is 1. The van der Waals surface area contributed by atoms with Gasteiger partial charge in [-0.1, -0.05) is 30.3 Å². The number of likely N-dealkylation sites (tertiary alicyclic amines) is 1. The van der Waals surface area contributed by atoms with E-state index in [9.17, 15) is 19.4 Å². The highest BCUT2D eigenvalue weighted by Crippen LogP contribution is 2.19. The van der Waals surface area contributed by atoms with Gasteiger partial charge in [0.05, 0.1) is 0 Å². The third-order valence-electron chi connectivity index (χ3n) is 6.69. The number of hydrogen-bond donors (Lipinski definition) is 5. The minimum atomic E-state index is -0.647. The topological polar surface area (TPSA) is 106 Å². The molecule has 3 aromatic rings. The zero-order valence-corrected chi connectivity index (χ0v) is 22.0. The molecule has 0 aliphatic carbocycles. The van der Waals surface area contributed by atoms with Crippen LogP contribution < -0.4 is 20.7 Å². The van der Waals surface area contributed by atoms with E-state index in [0.29, 0.717) is 38.0 Å². The summed E-state index contributed by atoms with van der Waals surface area (Å²) in [5.74, 6) is 0.372. The highest BCUT2D eigenvalue weighted by atomic mass is 19.1. The molecule has 3 aromatic carbocycles. The Morgan fingerprint density at radius 2 is 1.74 bits per heavy atom. The van der Waals surface area contributed by atoms with Crippen LogP contribution in [0.3, 0.4) is 0 Å². The van der Waals surface area contributed by atoms with E-state index in [1.165, 1.54) is 23.8 Å². The number of halogens is 1. The number of aromatic hydroxyl groups is 1. The van der Waals surface area contributed by atoms with Crippen molar-refractivity contribution in [1.82, 2.24) is 15.5 Å². The number of ether oxygens (including phenoxy) is 1. The first kappa shape index (κ1) is 28.2. The number of hydrogen-bond acceptors (Lipinski definition) is 6. The van der Waals surface area contributed by atoms with Gasteiger partial charge in [-0.3, -0.25) is 0 Å². The Kier molecular flexibility index (Phi) is 10.4. The summed E-state index contributed by atoms with van der Waals surface area (Å²) in [4.78, 5) is 14.3. The minimum Gasteiger partial charge on any atom is -0.508 e. The van der Waals surface area contributed by atoms with Gasteiger partial charge in [0.15, 0.2) is 0 Å². The van der Waals surface area contributed by atoms with Gasteiger partial charge in [0, 0.05) is 44.0 Å². The van der Waals surface area contributed by atoms with E-state index in [-0.39, 0.29) is 24.2 Å². The van der Waals surface area contributed by atoms with Crippen molar-refractivity contribution in [2.24, 2.45) is 0 Å². The number of phenolic OH excluding ortho intramolecular Hbond substituents is 1. The fraction of sp³-hybridized carbons (Fsp3) is 0.367. The molecule has 8 nitrogen and oxygen atoms in total. The lowest BCUT2D eigenvalue weighted by Crippen LogP contribution is -2.46. The van der Waals surface area contributed by atoms with Gasteiger partial charge in [-0.2, -0.15) is 0 Å². The molecule has 1 saturated heterocycles. The van der Waals surface area contributed by atoms with E-state index < -0.39 is 6.10 Å². The summed E-state index contributed by atoms with van der Waals surface area (Å²) in [5, 5.41) is 29.3. The quantitative estimate of drug-likeness (QED) is 0.225. The zero-order chi connectivity index (χ0) is 27.5. The highest BCUT2D eigenvalue weighted by molar-refractivity contribution is 5.74. The molecule has 1 atom stereocenters. The normalized spacial score (nSPS) is 14.6. The molecule has 0 bridgehead atoms. The van der Waals surface area contributed by atoms with Gasteiger partial charge in [0.1, 0.15) is 30.0 Å². The molecule has 1 aliphatic rings. The molecule has 9 heteroatoms. The predicted molar refractivity (Wildman–Crippen MR) is 149 cm³/mol. The molecule has 0 spiro atoms. The van der Waals surface area contributed by atoms with Crippen molar-refractivity contribution in [3.63, 3.8) is 0 Å². The minimum absolute atomic E-state index is 0.0905. The summed E-state index contributed by atoms with van der Waals surface area (Å²) >= 11 is 0. The Morgan fingerprint density at radius 1 is 1.03 bits per heavy atom. The number of piperidine rings is 1. The standard InChI is InChI=1S/C30H37FN4O4/c31-24-8-4-23(5-9-24)19-33-30(38)35-16-13-26(14-17-35)34-25-10-6-22(7-11-25)12-15-32-20-28(37)21-39-29-3-1-2-27(36)18-29/h1-11,18,26,28,32,34,36-37H,12-17,19-21H2,(H,33,38). The maximum absolute atomic E-state index is 13.0. The lowest BCUT2D eigenvalue weighted by Gasteiger charge is -2.33. The number of aliphatic hydroxyl groups excluding tert-OH is 1. The van der Waals surface area contributed by atoms with E-state index >= 15 is 0 Å². The molecule has 1 heterocycles. The number of amides is 2. The maximum atomic E-state index is 13.0. The van der Waals surface area contributed by atoms with Crippen LogP contribution in [0.1, 0.15) is 24.0 Å². The third kappa shape index (κ3) is 9.46. The fourth-order valence-electron chi connectivity index (χ4n) is 4.45. The number of carbonyl (C=O) groups is 1. The monoisotopic (exact) mass is 536 g/mol. The predicted octanol–water partition coefficient (Wildman–Crippen LogP) is 3.89. The molecule has 1 unspecified atom stereocenters. The first-order chi connectivity index (χ1) is 18.9. The first-order valence-electron chi connectivity index (χ1n) is 13.4. The van der Waals surface area contributed by atoms with Crippen molar-refractivity contribution >= 4 is 11.7 Å². The van der Waals surface area contributed by atoms with E-state index in [1.54, 1.807) is 30.3 Å². The van der Waals surface area contributed by atoms with Crippen LogP contribution in [0, 0.1) is 5.82 Å². The summed E-state index contributed by atoms with van der Waals surface area (Å²) in [6.07, 6.45) is 1.93. The van der Waals surface area contributed by atoms with Gasteiger partial charge in [0.2, 0.25) is 0 Å². The van der Waals surface area contributed by atoms with Gasteiger partial charge >= 0.3 is 6.03 Å². The van der Waals surface area contributed by atoms with Gasteiger partial charge in [0.25, 0.3) is 0 Å². The molecule has 4 rings (SSSR count). The van der Waals surface area contributed by atoms with Crippen molar-refractivity contribution in [3.8, 4) is 11.5 Å². The van der Waals surface area contributed by atoms with Crippen molar-refractivity contribution < 1.29 is 24.1 Å². The second kappa shape index (κ2) is 14.4. The van der Waals surface area contributed by atoms with Gasteiger partial charge in [-0.15, -0.1) is 0 Å². The van der Waals surface area contributed by atoms with Crippen LogP contribution in [0.5, 0.6) is 11.5 Å². The molecule has 0 saturated carbocycles. The fourth-order valence-corrected chi connectivity index (χ4v) is 4.45. The number of aliphatic hydroxyl groups is 1. The molecular formula is C30H37FN4O4. The van der Waals surface area contributed by atoms with Gasteiger partial charge < -0.3 is 35.8 Å². The molecule has 0 aromatic heterocycles. The van der Waals surface area contributed by atoms with Gasteiger partial charge in [-0.05, 0) is 73.3 Å². The Morgan fingerprint density at radius 3 is 2.46 bits per heavy atom. The number of nitrogens with one attached hydrogen (secondary N) is 3. The largest absolute Gasteiger partial charge is 0.508 e. The second-order valence-electron chi connectivity index (χ2n) is 9.80. The van der Waals surface area contributed by atoms with E-state index in [2.05, 4.69) is 40.2 Å². The molecule has 1 aliphatic heterocycles. The van der Waals surface area contributed by atoms with E-state index in [4.69, 9.17) is 4.74 Å². The zero-order valence-electron chi connectivity index (χ0n) is 22.0. The Balaban J connectivity index is 1.08. The molecule has 5 N–H and O–H groups in total. The second-order valence-corrected chi connectivity index (χ2v) is 9.80. The van der Waals surface area contributed by atoms with Gasteiger partial charge in [-0.25, -0.2) is 9.18 Å². The summed E-state index contributed by atoms with van der Waals surface area (Å²) in [7, 11) is 0. The Bertz CT molecular complexity index is 1170. The van der Waals surface area contributed by atoms with Crippen LogP contribution in [0.25, 0.3) is 0 Å². The highest BCUT2D eigenvalue weighted by Gasteiger charge is 2.22. The number of carbonyl (C=O) groups excluding carboxylic acids is 1. The lowest BCUT2D eigenvalue weighted by atomic mass is 10.0.